The van der Waals surface area contributed by atoms with Gasteiger partial charge in [-0.2, -0.15) is 0 Å². The Morgan fingerprint density at radius 3 is 2.52 bits per heavy atom. The Balaban J connectivity index is 2.04. The van der Waals surface area contributed by atoms with E-state index in [4.69, 9.17) is 17.0 Å². The Morgan fingerprint density at radius 2 is 1.89 bits per heavy atom. The van der Waals surface area contributed by atoms with Crippen molar-refractivity contribution in [2.45, 2.75) is 6.92 Å². The normalized spacial score (nSPS) is 15.9. The van der Waals surface area contributed by atoms with E-state index in [2.05, 4.69) is 11.9 Å². The topological polar surface area (TPSA) is 63.6 Å². The molecule has 0 unspecified atom stereocenters. The second kappa shape index (κ2) is 7.59. The van der Waals surface area contributed by atoms with Gasteiger partial charge in [-0.05, 0) is 61.6 Å². The molecule has 1 fully saturated rings. The van der Waals surface area contributed by atoms with Crippen LogP contribution in [0.1, 0.15) is 11.4 Å². The summed E-state index contributed by atoms with van der Waals surface area (Å²) in [4.78, 5) is 26.4. The summed E-state index contributed by atoms with van der Waals surface area (Å²) in [7, 11) is 1.61. The molecule has 2 aromatic rings. The first-order chi connectivity index (χ1) is 13.0. The zero-order chi connectivity index (χ0) is 19.6. The van der Waals surface area contributed by atoms with Gasteiger partial charge in [0, 0.05) is 23.6 Å². The highest BCUT2D eigenvalue weighted by molar-refractivity contribution is 7.80. The maximum atomic E-state index is 12.7. The molecule has 0 atom stereocenters. The smallest absolute Gasteiger partial charge is 0.266 e. The molecule has 3 rings (SSSR count). The summed E-state index contributed by atoms with van der Waals surface area (Å²) in [6.07, 6.45) is 3.14. The highest BCUT2D eigenvalue weighted by Crippen LogP contribution is 2.23. The molecule has 1 aromatic heterocycles. The van der Waals surface area contributed by atoms with Gasteiger partial charge in [0.05, 0.1) is 7.11 Å². The fraction of sp³-hybridized carbons (Fsp3) is 0.150. The molecular weight excluding hydrogens is 362 g/mol. The van der Waals surface area contributed by atoms with Crippen LogP contribution in [0.5, 0.6) is 5.75 Å². The van der Waals surface area contributed by atoms with Crippen molar-refractivity contribution in [3.05, 3.63) is 66.0 Å². The number of nitrogens with one attached hydrogen (secondary N) is 1. The molecule has 1 aliphatic rings. The number of rotatable bonds is 5. The molecule has 1 aliphatic heterocycles. The first-order valence-corrected chi connectivity index (χ1v) is 8.69. The minimum Gasteiger partial charge on any atom is -0.497 e. The van der Waals surface area contributed by atoms with E-state index < -0.39 is 11.8 Å². The van der Waals surface area contributed by atoms with Gasteiger partial charge < -0.3 is 9.30 Å². The molecule has 0 saturated carbocycles. The van der Waals surface area contributed by atoms with Gasteiger partial charge in [0.15, 0.2) is 5.11 Å². The second-order valence-corrected chi connectivity index (χ2v) is 6.34. The summed E-state index contributed by atoms with van der Waals surface area (Å²) < 4.78 is 7.15. The van der Waals surface area contributed by atoms with E-state index in [1.54, 1.807) is 19.3 Å². The van der Waals surface area contributed by atoms with Gasteiger partial charge in [-0.1, -0.05) is 6.08 Å². The van der Waals surface area contributed by atoms with Crippen LogP contribution < -0.4 is 10.1 Å². The van der Waals surface area contributed by atoms with E-state index in [0.29, 0.717) is 5.69 Å². The third kappa shape index (κ3) is 3.54. The Bertz CT molecular complexity index is 957. The lowest BCUT2D eigenvalue weighted by atomic mass is 10.1. The van der Waals surface area contributed by atoms with Crippen LogP contribution in [0.15, 0.2) is 54.6 Å². The van der Waals surface area contributed by atoms with E-state index in [-0.39, 0.29) is 17.2 Å². The predicted molar refractivity (Wildman–Crippen MR) is 108 cm³/mol. The van der Waals surface area contributed by atoms with E-state index in [0.717, 1.165) is 17.1 Å². The molecule has 1 saturated heterocycles. The number of ether oxygens (including phenoxy) is 1. The number of thiocarbonyl (C=S) groups is 1. The van der Waals surface area contributed by atoms with Crippen LogP contribution in [0, 0.1) is 6.92 Å². The van der Waals surface area contributed by atoms with Crippen LogP contribution in [-0.2, 0) is 9.59 Å². The molecule has 0 spiro atoms. The Labute approximate surface area is 162 Å². The summed E-state index contributed by atoms with van der Waals surface area (Å²) in [6.45, 7) is 5.81. The standard InChI is InChI=1S/C20H19N3O3S/c1-4-11-22-19(25)17(18(24)21-20(22)27)12-15-6-5-13(2)23(15)14-7-9-16(26-3)10-8-14/h4-10,12H,1,11H2,2-3H3,(H,21,24,27)/b17-12-. The molecule has 6 nitrogen and oxygen atoms in total. The van der Waals surface area contributed by atoms with Gasteiger partial charge >= 0.3 is 0 Å². The van der Waals surface area contributed by atoms with Gasteiger partial charge in [-0.25, -0.2) is 0 Å². The SMILES string of the molecule is C=CCN1C(=O)/C(=C\c2ccc(C)n2-c2ccc(OC)cc2)C(=O)NC1=S. The van der Waals surface area contributed by atoms with Crippen molar-refractivity contribution in [2.24, 2.45) is 0 Å². The quantitative estimate of drug-likeness (QED) is 0.374. The van der Waals surface area contributed by atoms with Crippen LogP contribution in [0.4, 0.5) is 0 Å². The largest absolute Gasteiger partial charge is 0.497 e. The number of amides is 2. The maximum absolute atomic E-state index is 12.7. The summed E-state index contributed by atoms with van der Waals surface area (Å²) in [6, 6.07) is 11.3. The number of aryl methyl sites for hydroxylation is 1. The van der Waals surface area contributed by atoms with E-state index >= 15 is 0 Å². The molecule has 0 aliphatic carbocycles. The van der Waals surface area contributed by atoms with E-state index in [1.807, 2.05) is 47.9 Å². The molecule has 27 heavy (non-hydrogen) atoms. The van der Waals surface area contributed by atoms with Crippen LogP contribution >= 0.6 is 12.2 Å². The summed E-state index contributed by atoms with van der Waals surface area (Å²) in [5, 5.41) is 2.64. The van der Waals surface area contributed by atoms with Crippen molar-refractivity contribution in [2.75, 3.05) is 13.7 Å². The number of hydrogen-bond donors (Lipinski definition) is 1. The fourth-order valence-corrected chi connectivity index (χ4v) is 3.14. The third-order valence-corrected chi connectivity index (χ3v) is 4.55. The monoisotopic (exact) mass is 381 g/mol. The highest BCUT2D eigenvalue weighted by Gasteiger charge is 2.32. The number of hydrogen-bond acceptors (Lipinski definition) is 4. The van der Waals surface area contributed by atoms with Crippen LogP contribution in [0.3, 0.4) is 0 Å². The minimum atomic E-state index is -0.509. The minimum absolute atomic E-state index is 0.0262. The van der Waals surface area contributed by atoms with Gasteiger partial charge in [0.25, 0.3) is 11.8 Å². The predicted octanol–water partition coefficient (Wildman–Crippen LogP) is 2.61. The number of methoxy groups -OCH3 is 1. The number of benzene rings is 1. The van der Waals surface area contributed by atoms with Crippen molar-refractivity contribution in [1.82, 2.24) is 14.8 Å². The lowest BCUT2D eigenvalue weighted by Crippen LogP contribution is -2.53. The second-order valence-electron chi connectivity index (χ2n) is 5.95. The molecule has 2 heterocycles. The zero-order valence-electron chi connectivity index (χ0n) is 15.1. The van der Waals surface area contributed by atoms with Crippen LogP contribution in [-0.4, -0.2) is 40.0 Å². The lowest BCUT2D eigenvalue weighted by molar-refractivity contribution is -0.128. The summed E-state index contributed by atoms with van der Waals surface area (Å²) >= 11 is 5.08. The summed E-state index contributed by atoms with van der Waals surface area (Å²) in [5.41, 5.74) is 2.60. The molecule has 2 amide bonds. The molecular formula is C20H19N3O3S. The molecule has 0 radical (unpaired) electrons. The van der Waals surface area contributed by atoms with Gasteiger partial charge in [-0.15, -0.1) is 6.58 Å². The number of carbonyl (C=O) groups excluding carboxylic acids is 2. The van der Waals surface area contributed by atoms with E-state index in [9.17, 15) is 9.59 Å². The van der Waals surface area contributed by atoms with Crippen LogP contribution in [0.25, 0.3) is 11.8 Å². The fourth-order valence-electron chi connectivity index (χ4n) is 2.89. The molecule has 138 valence electrons. The summed E-state index contributed by atoms with van der Waals surface area (Å²) in [5.74, 6) is -0.201. The Morgan fingerprint density at radius 1 is 1.19 bits per heavy atom. The number of carbonyl (C=O) groups is 2. The molecule has 7 heteroatoms. The first kappa shape index (κ1) is 18.6. The van der Waals surface area contributed by atoms with Crippen LogP contribution in [0.2, 0.25) is 0 Å². The van der Waals surface area contributed by atoms with Crippen molar-refractivity contribution in [1.29, 1.82) is 0 Å². The molecule has 1 aromatic carbocycles. The first-order valence-electron chi connectivity index (χ1n) is 8.28. The van der Waals surface area contributed by atoms with Crippen molar-refractivity contribution >= 4 is 35.2 Å². The average Bonchev–Trinajstić information content (AvgIpc) is 3.02. The lowest BCUT2D eigenvalue weighted by Gasteiger charge is -2.27. The van der Waals surface area contributed by atoms with Crippen molar-refractivity contribution in [3.63, 3.8) is 0 Å². The highest BCUT2D eigenvalue weighted by atomic mass is 32.1. The Kier molecular flexibility index (Phi) is 5.23. The number of aromatic nitrogens is 1. The van der Waals surface area contributed by atoms with Gasteiger partial charge in [0.1, 0.15) is 11.3 Å². The molecule has 1 N–H and O–H groups in total. The van der Waals surface area contributed by atoms with E-state index in [1.165, 1.54) is 4.90 Å². The zero-order valence-corrected chi connectivity index (χ0v) is 15.9. The van der Waals surface area contributed by atoms with Crippen molar-refractivity contribution < 1.29 is 14.3 Å². The van der Waals surface area contributed by atoms with Gasteiger partial charge in [0.2, 0.25) is 0 Å². The molecule has 0 bridgehead atoms. The number of nitrogens with zero attached hydrogens (tertiary/aromatic N) is 2. The Hall–Kier alpha value is -3.19. The van der Waals surface area contributed by atoms with Crippen molar-refractivity contribution in [3.8, 4) is 11.4 Å². The average molecular weight is 381 g/mol. The van der Waals surface area contributed by atoms with Gasteiger partial charge in [-0.3, -0.25) is 19.8 Å². The maximum Gasteiger partial charge on any atom is 0.266 e. The third-order valence-electron chi connectivity index (χ3n) is 4.23.